The number of aliphatic hydroxyl groups excluding tert-OH is 1. The first-order chi connectivity index (χ1) is 17.9. The van der Waals surface area contributed by atoms with Gasteiger partial charge >= 0.3 is 0 Å². The quantitative estimate of drug-likeness (QED) is 0.342. The van der Waals surface area contributed by atoms with Crippen LogP contribution in [0.3, 0.4) is 0 Å². The largest absolute Gasteiger partial charge is 0.394 e. The summed E-state index contributed by atoms with van der Waals surface area (Å²) in [6.45, 7) is 15.7. The Hall–Kier alpha value is -2.10. The zero-order chi connectivity index (χ0) is 28.0. The Balaban J connectivity index is 1.82. The van der Waals surface area contributed by atoms with E-state index in [2.05, 4.69) is 29.1 Å². The molecule has 0 radical (unpaired) electrons. The molecule has 1 spiro atoms. The highest BCUT2D eigenvalue weighted by atomic mass is 79.9. The predicted octanol–water partition coefficient (Wildman–Crippen LogP) is 3.86. The molecule has 3 unspecified atom stereocenters. The molecule has 0 saturated carbocycles. The van der Waals surface area contributed by atoms with Gasteiger partial charge in [-0.1, -0.05) is 46.3 Å². The van der Waals surface area contributed by atoms with Crippen molar-refractivity contribution in [1.29, 1.82) is 0 Å². The van der Waals surface area contributed by atoms with Crippen molar-refractivity contribution in [1.82, 2.24) is 9.80 Å². The van der Waals surface area contributed by atoms with Gasteiger partial charge in [0, 0.05) is 34.4 Å². The summed E-state index contributed by atoms with van der Waals surface area (Å²) in [5.74, 6) is -1.80. The minimum Gasteiger partial charge on any atom is -0.394 e. The minimum atomic E-state index is -0.793. The fourth-order valence-electron chi connectivity index (χ4n) is 6.40. The number of halogens is 1. The van der Waals surface area contributed by atoms with Crippen molar-refractivity contribution in [2.45, 2.75) is 66.6 Å². The van der Waals surface area contributed by atoms with Crippen LogP contribution in [0, 0.1) is 11.8 Å². The molecule has 1 N–H and O–H groups in total. The molecule has 3 amide bonds. The Bertz CT molecular complexity index is 1110. The second-order valence-electron chi connectivity index (χ2n) is 11.4. The number of carbonyl (C=O) groups is 3. The van der Waals surface area contributed by atoms with Gasteiger partial charge in [-0.3, -0.25) is 14.4 Å². The number of benzene rings is 1. The molecule has 1 aromatic carbocycles. The summed E-state index contributed by atoms with van der Waals surface area (Å²) < 4.78 is -0.780. The number of rotatable bonds is 9. The highest BCUT2D eigenvalue weighted by Crippen LogP contribution is 2.68. The molecule has 3 saturated heterocycles. The summed E-state index contributed by atoms with van der Waals surface area (Å²) >= 11 is 5.43. The standard InChI is InChI=1S/C29H38BrN3O4S/c1-7-14-31(19-12-10-9-11-13-19)25(35)21-22-26(36)33(18(3)17-34)24(29(22)16-20(30)23(21)38-29)27(37)32(15-8-2)28(4,5)6/h7-13,18,20-24,34H,1-2,14-17H2,3-6H3/t18-,20?,21+,22+,23+,24?,29?/m1/s1. The van der Waals surface area contributed by atoms with E-state index in [0.29, 0.717) is 19.5 Å². The number of alkyl halides is 1. The van der Waals surface area contributed by atoms with Gasteiger partial charge in [0.05, 0.1) is 29.2 Å². The number of aliphatic hydroxyl groups is 1. The molecule has 38 heavy (non-hydrogen) atoms. The monoisotopic (exact) mass is 603 g/mol. The lowest BCUT2D eigenvalue weighted by atomic mass is 9.70. The molecule has 9 heteroatoms. The number of thioether (sulfide) groups is 1. The van der Waals surface area contributed by atoms with E-state index in [1.54, 1.807) is 45.5 Å². The number of fused-ring (bicyclic) bond motifs is 1. The Kier molecular flexibility index (Phi) is 8.22. The van der Waals surface area contributed by atoms with Crippen LogP contribution >= 0.6 is 27.7 Å². The van der Waals surface area contributed by atoms with E-state index < -0.39 is 34.2 Å². The Labute approximate surface area is 238 Å². The lowest BCUT2D eigenvalue weighted by Crippen LogP contribution is -2.60. The first kappa shape index (κ1) is 28.9. The molecule has 2 bridgehead atoms. The first-order valence-electron chi connectivity index (χ1n) is 13.1. The second-order valence-corrected chi connectivity index (χ2v) is 14.1. The van der Waals surface area contributed by atoms with Gasteiger partial charge in [-0.05, 0) is 46.2 Å². The second kappa shape index (κ2) is 10.8. The van der Waals surface area contributed by atoms with Gasteiger partial charge in [0.15, 0.2) is 0 Å². The molecule has 0 aliphatic carbocycles. The summed E-state index contributed by atoms with van der Waals surface area (Å²) in [5.41, 5.74) is 0.240. The van der Waals surface area contributed by atoms with Crippen LogP contribution in [0.4, 0.5) is 5.69 Å². The Morgan fingerprint density at radius 2 is 1.84 bits per heavy atom. The number of hydrogen-bond acceptors (Lipinski definition) is 5. The van der Waals surface area contributed by atoms with Crippen molar-refractivity contribution < 1.29 is 19.5 Å². The van der Waals surface area contributed by atoms with Gasteiger partial charge < -0.3 is 19.8 Å². The minimum absolute atomic E-state index is 0.0333. The number of carbonyl (C=O) groups excluding carboxylic acids is 3. The lowest BCUT2D eigenvalue weighted by Gasteiger charge is -2.43. The summed E-state index contributed by atoms with van der Waals surface area (Å²) in [4.78, 5) is 47.9. The maximum absolute atomic E-state index is 14.4. The van der Waals surface area contributed by atoms with Crippen LogP contribution in [0.1, 0.15) is 34.1 Å². The number of hydrogen-bond donors (Lipinski definition) is 1. The van der Waals surface area contributed by atoms with Crippen molar-refractivity contribution in [3.8, 4) is 0 Å². The highest BCUT2D eigenvalue weighted by molar-refractivity contribution is 9.09. The smallest absolute Gasteiger partial charge is 0.247 e. The molecular formula is C29H38BrN3O4S. The molecule has 1 aromatic rings. The number of para-hydroxylation sites is 1. The van der Waals surface area contributed by atoms with E-state index >= 15 is 0 Å². The third kappa shape index (κ3) is 4.54. The van der Waals surface area contributed by atoms with E-state index in [-0.39, 0.29) is 34.4 Å². The molecule has 7 nitrogen and oxygen atoms in total. The molecule has 3 fully saturated rings. The van der Waals surface area contributed by atoms with Crippen LogP contribution in [0.2, 0.25) is 0 Å². The van der Waals surface area contributed by atoms with Crippen LogP contribution in [0.5, 0.6) is 0 Å². The first-order valence-corrected chi connectivity index (χ1v) is 14.9. The van der Waals surface area contributed by atoms with E-state index in [9.17, 15) is 19.5 Å². The SMILES string of the molecule is C=CCN(C(=O)[C@H]1[C@H]2C(=O)N([C@H](C)CO)C(C(=O)N(CC=C)C(C)(C)C)C23CC(Br)[C@@H]1S3)c1ccccc1. The van der Waals surface area contributed by atoms with Gasteiger partial charge in [-0.25, -0.2) is 0 Å². The number of likely N-dealkylation sites (tertiary alicyclic amines) is 1. The lowest BCUT2D eigenvalue weighted by molar-refractivity contribution is -0.147. The maximum atomic E-state index is 14.4. The molecule has 4 rings (SSSR count). The van der Waals surface area contributed by atoms with E-state index in [1.165, 1.54) is 0 Å². The van der Waals surface area contributed by atoms with Crippen molar-refractivity contribution in [2.75, 3.05) is 24.6 Å². The van der Waals surface area contributed by atoms with Crippen LogP contribution in [-0.2, 0) is 14.4 Å². The third-order valence-electron chi connectivity index (χ3n) is 8.02. The van der Waals surface area contributed by atoms with E-state index in [0.717, 1.165) is 5.69 Å². The van der Waals surface area contributed by atoms with E-state index in [1.807, 2.05) is 51.1 Å². The zero-order valence-electron chi connectivity index (χ0n) is 22.5. The third-order valence-corrected chi connectivity index (χ3v) is 11.2. The van der Waals surface area contributed by atoms with Crippen molar-refractivity contribution in [3.63, 3.8) is 0 Å². The normalized spacial score (nSPS) is 30.6. The van der Waals surface area contributed by atoms with Crippen LogP contribution in [0.25, 0.3) is 0 Å². The summed E-state index contributed by atoms with van der Waals surface area (Å²) in [6.07, 6.45) is 3.97. The molecule has 0 aromatic heterocycles. The van der Waals surface area contributed by atoms with Crippen LogP contribution < -0.4 is 4.90 Å². The molecule has 7 atom stereocenters. The van der Waals surface area contributed by atoms with Crippen LogP contribution in [0.15, 0.2) is 55.6 Å². The fraction of sp³-hybridized carbons (Fsp3) is 0.552. The topological polar surface area (TPSA) is 81.2 Å². The van der Waals surface area contributed by atoms with Gasteiger partial charge in [0.25, 0.3) is 0 Å². The Morgan fingerprint density at radius 3 is 2.39 bits per heavy atom. The Morgan fingerprint density at radius 1 is 1.21 bits per heavy atom. The van der Waals surface area contributed by atoms with Gasteiger partial charge in [-0.15, -0.1) is 24.9 Å². The fourth-order valence-corrected chi connectivity index (χ4v) is 9.99. The van der Waals surface area contributed by atoms with Crippen LogP contribution in [-0.4, -0.2) is 84.8 Å². The predicted molar refractivity (Wildman–Crippen MR) is 156 cm³/mol. The molecule has 3 aliphatic rings. The average Bonchev–Trinajstić information content (AvgIpc) is 3.47. The summed E-state index contributed by atoms with van der Waals surface area (Å²) in [5, 5.41) is 9.99. The van der Waals surface area contributed by atoms with Gasteiger partial charge in [0.1, 0.15) is 6.04 Å². The molecule has 3 aliphatic heterocycles. The van der Waals surface area contributed by atoms with E-state index in [4.69, 9.17) is 0 Å². The van der Waals surface area contributed by atoms with Crippen molar-refractivity contribution >= 4 is 51.1 Å². The molecule has 206 valence electrons. The van der Waals surface area contributed by atoms with Gasteiger partial charge in [0.2, 0.25) is 17.7 Å². The molecule has 3 heterocycles. The summed E-state index contributed by atoms with van der Waals surface area (Å²) in [7, 11) is 0. The zero-order valence-corrected chi connectivity index (χ0v) is 25.0. The number of anilines is 1. The average molecular weight is 605 g/mol. The highest BCUT2D eigenvalue weighted by Gasteiger charge is 2.76. The van der Waals surface area contributed by atoms with Gasteiger partial charge in [-0.2, -0.15) is 0 Å². The van der Waals surface area contributed by atoms with Crippen molar-refractivity contribution in [2.24, 2.45) is 11.8 Å². The van der Waals surface area contributed by atoms with Crippen molar-refractivity contribution in [3.05, 3.63) is 55.6 Å². The summed E-state index contributed by atoms with van der Waals surface area (Å²) in [6, 6.07) is 8.05. The number of amides is 3. The molecular weight excluding hydrogens is 566 g/mol. The number of nitrogens with zero attached hydrogens (tertiary/aromatic N) is 3. The maximum Gasteiger partial charge on any atom is 0.247 e.